The quantitative estimate of drug-likeness (QED) is 0.853. The van der Waals surface area contributed by atoms with Crippen molar-refractivity contribution in [1.82, 2.24) is 14.3 Å². The molecule has 0 aromatic carbocycles. The molecule has 2 N–H and O–H groups in total. The van der Waals surface area contributed by atoms with Gasteiger partial charge in [0.05, 0.1) is 5.69 Å². The van der Waals surface area contributed by atoms with Crippen molar-refractivity contribution in [1.29, 1.82) is 0 Å². The summed E-state index contributed by atoms with van der Waals surface area (Å²) in [5.74, 6) is 0. The van der Waals surface area contributed by atoms with E-state index in [9.17, 15) is 4.79 Å². The third-order valence-electron chi connectivity index (χ3n) is 3.55. The average Bonchev–Trinajstić information content (AvgIpc) is 2.76. The summed E-state index contributed by atoms with van der Waals surface area (Å²) in [6.07, 6.45) is 2.84. The number of nitrogens with zero attached hydrogens (tertiary/aromatic N) is 3. The third-order valence-corrected chi connectivity index (χ3v) is 3.55. The topological polar surface area (TPSA) is 63.6 Å². The monoisotopic (exact) mass is 258 g/mol. The summed E-state index contributed by atoms with van der Waals surface area (Å²) in [5.41, 5.74) is 8.44. The molecule has 0 aliphatic carbocycles. The first-order valence-corrected chi connectivity index (χ1v) is 6.59. The third kappa shape index (κ3) is 2.52. The molecule has 0 amide bonds. The van der Waals surface area contributed by atoms with Crippen molar-refractivity contribution in [2.45, 2.75) is 25.9 Å². The molecule has 1 aliphatic rings. The lowest BCUT2D eigenvalue weighted by Gasteiger charge is -2.14. The van der Waals surface area contributed by atoms with Gasteiger partial charge < -0.3 is 5.73 Å². The van der Waals surface area contributed by atoms with Gasteiger partial charge in [-0.3, -0.25) is 14.1 Å². The van der Waals surface area contributed by atoms with Crippen LogP contribution in [0.3, 0.4) is 0 Å². The summed E-state index contributed by atoms with van der Waals surface area (Å²) < 4.78 is 1.59. The van der Waals surface area contributed by atoms with E-state index in [1.54, 1.807) is 10.5 Å². The number of fused-ring (bicyclic) bond motifs is 1. The van der Waals surface area contributed by atoms with Crippen LogP contribution in [0.2, 0.25) is 0 Å². The maximum Gasteiger partial charge on any atom is 0.258 e. The molecule has 3 heterocycles. The zero-order chi connectivity index (χ0) is 13.4. The Morgan fingerprint density at radius 1 is 1.47 bits per heavy atom. The van der Waals surface area contributed by atoms with Crippen LogP contribution in [0.5, 0.6) is 0 Å². The van der Waals surface area contributed by atoms with Crippen LogP contribution >= 0.6 is 0 Å². The van der Waals surface area contributed by atoms with E-state index in [1.807, 2.05) is 25.3 Å². The van der Waals surface area contributed by atoms with Gasteiger partial charge in [-0.25, -0.2) is 4.98 Å². The Morgan fingerprint density at radius 3 is 3.05 bits per heavy atom. The number of aromatic nitrogens is 2. The SMILES string of the molecule is Cc1ccc2nc(CN3CC[C@@H](N)C3)cc(=O)n2c1. The molecule has 1 saturated heterocycles. The van der Waals surface area contributed by atoms with Crippen LogP contribution in [-0.2, 0) is 6.54 Å². The first-order valence-electron chi connectivity index (χ1n) is 6.59. The Labute approximate surface area is 111 Å². The lowest BCUT2D eigenvalue weighted by Crippen LogP contribution is -2.27. The highest BCUT2D eigenvalue weighted by Gasteiger charge is 2.19. The fraction of sp³-hybridized carbons (Fsp3) is 0.429. The van der Waals surface area contributed by atoms with Gasteiger partial charge in [0.2, 0.25) is 0 Å². The Balaban J connectivity index is 1.93. The smallest absolute Gasteiger partial charge is 0.258 e. The maximum atomic E-state index is 12.1. The van der Waals surface area contributed by atoms with Crippen LogP contribution in [0.4, 0.5) is 0 Å². The van der Waals surface area contributed by atoms with E-state index in [0.29, 0.717) is 12.2 Å². The molecule has 2 aromatic rings. The van der Waals surface area contributed by atoms with Crippen LogP contribution in [0.15, 0.2) is 29.2 Å². The standard InChI is InChI=1S/C14H18N4O/c1-10-2-3-13-16-12(6-14(19)18(13)7-10)9-17-5-4-11(15)8-17/h2-3,6-7,11H,4-5,8-9,15H2,1H3/t11-/m1/s1. The number of aryl methyl sites for hydroxylation is 1. The van der Waals surface area contributed by atoms with Gasteiger partial charge in [0.1, 0.15) is 5.65 Å². The Morgan fingerprint density at radius 2 is 2.32 bits per heavy atom. The molecule has 1 fully saturated rings. The summed E-state index contributed by atoms with van der Waals surface area (Å²) in [5, 5.41) is 0. The van der Waals surface area contributed by atoms with Crippen molar-refractivity contribution < 1.29 is 0 Å². The highest BCUT2D eigenvalue weighted by atomic mass is 16.1. The average molecular weight is 258 g/mol. The first kappa shape index (κ1) is 12.3. The fourth-order valence-electron chi connectivity index (χ4n) is 2.57. The molecule has 0 bridgehead atoms. The molecule has 1 aliphatic heterocycles. The lowest BCUT2D eigenvalue weighted by molar-refractivity contribution is 0.323. The normalized spacial score (nSPS) is 20.2. The molecule has 0 unspecified atom stereocenters. The number of nitrogens with two attached hydrogens (primary N) is 1. The van der Waals surface area contributed by atoms with Gasteiger partial charge in [-0.2, -0.15) is 0 Å². The Kier molecular flexibility index (Phi) is 3.08. The van der Waals surface area contributed by atoms with Gasteiger partial charge in [0.15, 0.2) is 0 Å². The fourth-order valence-corrected chi connectivity index (χ4v) is 2.57. The highest BCUT2D eigenvalue weighted by Crippen LogP contribution is 2.11. The number of likely N-dealkylation sites (tertiary alicyclic amines) is 1. The molecule has 0 radical (unpaired) electrons. The Bertz CT molecular complexity index is 664. The van der Waals surface area contributed by atoms with Crippen molar-refractivity contribution >= 4 is 5.65 Å². The van der Waals surface area contributed by atoms with E-state index < -0.39 is 0 Å². The molecule has 5 nitrogen and oxygen atoms in total. The molecule has 0 spiro atoms. The van der Waals surface area contributed by atoms with Crippen LogP contribution in [0, 0.1) is 6.92 Å². The van der Waals surface area contributed by atoms with E-state index in [4.69, 9.17) is 5.73 Å². The van der Waals surface area contributed by atoms with Gasteiger partial charge in [-0.1, -0.05) is 6.07 Å². The van der Waals surface area contributed by atoms with Crippen LogP contribution < -0.4 is 11.3 Å². The number of hydrogen-bond donors (Lipinski definition) is 1. The predicted molar refractivity (Wildman–Crippen MR) is 74.1 cm³/mol. The number of rotatable bonds is 2. The zero-order valence-electron chi connectivity index (χ0n) is 11.0. The Hall–Kier alpha value is -1.72. The summed E-state index contributed by atoms with van der Waals surface area (Å²) in [6.45, 7) is 4.53. The van der Waals surface area contributed by atoms with Crippen LogP contribution in [-0.4, -0.2) is 33.4 Å². The molecule has 1 atom stereocenters. The van der Waals surface area contributed by atoms with Crippen LogP contribution in [0.1, 0.15) is 17.7 Å². The van der Waals surface area contributed by atoms with E-state index in [-0.39, 0.29) is 11.6 Å². The minimum atomic E-state index is -0.0211. The van der Waals surface area contributed by atoms with Gasteiger partial charge in [0.25, 0.3) is 5.56 Å². The van der Waals surface area contributed by atoms with Gasteiger partial charge in [-0.15, -0.1) is 0 Å². The van der Waals surface area contributed by atoms with Crippen molar-refractivity contribution in [3.05, 3.63) is 46.0 Å². The molecule has 0 saturated carbocycles. The van der Waals surface area contributed by atoms with Gasteiger partial charge >= 0.3 is 0 Å². The molecule has 2 aromatic heterocycles. The zero-order valence-corrected chi connectivity index (χ0v) is 11.0. The van der Waals surface area contributed by atoms with Crippen LogP contribution in [0.25, 0.3) is 5.65 Å². The molecular formula is C14H18N4O. The van der Waals surface area contributed by atoms with Crippen molar-refractivity contribution in [3.8, 4) is 0 Å². The first-order chi connectivity index (χ1) is 9.11. The predicted octanol–water partition coefficient (Wildman–Crippen LogP) is 0.536. The molecule has 19 heavy (non-hydrogen) atoms. The molecular weight excluding hydrogens is 240 g/mol. The summed E-state index contributed by atoms with van der Waals surface area (Å²) in [4.78, 5) is 18.9. The van der Waals surface area contributed by atoms with Crippen molar-refractivity contribution in [2.75, 3.05) is 13.1 Å². The second kappa shape index (κ2) is 4.75. The molecule has 100 valence electrons. The van der Waals surface area contributed by atoms with E-state index >= 15 is 0 Å². The summed E-state index contributed by atoms with van der Waals surface area (Å²) in [7, 11) is 0. The maximum absolute atomic E-state index is 12.1. The lowest BCUT2D eigenvalue weighted by atomic mass is 10.3. The second-order valence-electron chi connectivity index (χ2n) is 5.30. The number of pyridine rings is 1. The minimum Gasteiger partial charge on any atom is -0.326 e. The summed E-state index contributed by atoms with van der Waals surface area (Å²) >= 11 is 0. The second-order valence-corrected chi connectivity index (χ2v) is 5.30. The molecule has 3 rings (SSSR count). The van der Waals surface area contributed by atoms with E-state index in [2.05, 4.69) is 9.88 Å². The van der Waals surface area contributed by atoms with E-state index in [1.165, 1.54) is 0 Å². The number of hydrogen-bond acceptors (Lipinski definition) is 4. The highest BCUT2D eigenvalue weighted by molar-refractivity contribution is 5.39. The van der Waals surface area contributed by atoms with E-state index in [0.717, 1.165) is 30.8 Å². The van der Waals surface area contributed by atoms with Gasteiger partial charge in [-0.05, 0) is 25.0 Å². The van der Waals surface area contributed by atoms with Crippen molar-refractivity contribution in [2.24, 2.45) is 5.73 Å². The molecule has 5 heteroatoms. The van der Waals surface area contributed by atoms with Crippen molar-refractivity contribution in [3.63, 3.8) is 0 Å². The minimum absolute atomic E-state index is 0.0211. The summed E-state index contributed by atoms with van der Waals surface area (Å²) in [6, 6.07) is 5.73. The van der Waals surface area contributed by atoms with Gasteiger partial charge in [0, 0.05) is 37.9 Å². The largest absolute Gasteiger partial charge is 0.326 e.